The van der Waals surface area contributed by atoms with Crippen LogP contribution in [-0.4, -0.2) is 27.7 Å². The molecule has 2 unspecified atom stereocenters. The zero-order chi connectivity index (χ0) is 18.9. The van der Waals surface area contributed by atoms with E-state index in [4.69, 9.17) is 4.74 Å². The molecule has 138 valence electrons. The Bertz CT molecular complexity index is 929. The summed E-state index contributed by atoms with van der Waals surface area (Å²) in [5, 5.41) is 2.79. The van der Waals surface area contributed by atoms with Gasteiger partial charge in [0.05, 0.1) is 19.1 Å². The van der Waals surface area contributed by atoms with Gasteiger partial charge in [0.2, 0.25) is 15.9 Å². The van der Waals surface area contributed by atoms with Crippen molar-refractivity contribution in [2.75, 3.05) is 23.4 Å². The van der Waals surface area contributed by atoms with Gasteiger partial charge in [-0.2, -0.15) is 0 Å². The Morgan fingerprint density at radius 3 is 2.50 bits per heavy atom. The fraction of sp³-hybridized carbons (Fsp3) is 0.278. The first-order chi connectivity index (χ1) is 12.3. The normalized spacial score (nSPS) is 18.9. The number of carbonyl (C=O) groups excluding carboxylic acids is 1. The molecule has 0 aromatic heterocycles. The van der Waals surface area contributed by atoms with E-state index in [1.165, 1.54) is 25.3 Å². The molecule has 0 aliphatic heterocycles. The van der Waals surface area contributed by atoms with Crippen molar-refractivity contribution in [1.29, 1.82) is 0 Å². The number of ether oxygens (including phenoxy) is 1. The molecule has 1 amide bonds. The molecule has 0 bridgehead atoms. The molecule has 0 heterocycles. The van der Waals surface area contributed by atoms with Crippen molar-refractivity contribution in [3.63, 3.8) is 0 Å². The molecular weight excluding hydrogens is 359 g/mol. The van der Waals surface area contributed by atoms with E-state index < -0.39 is 10.0 Å². The van der Waals surface area contributed by atoms with Gasteiger partial charge in [-0.1, -0.05) is 12.1 Å². The predicted octanol–water partition coefficient (Wildman–Crippen LogP) is 2.95. The van der Waals surface area contributed by atoms with E-state index in [1.54, 1.807) is 24.3 Å². The van der Waals surface area contributed by atoms with E-state index in [0.29, 0.717) is 17.9 Å². The fourth-order valence-electron chi connectivity index (χ4n) is 2.86. The largest absolute Gasteiger partial charge is 0.495 e. The molecule has 0 spiro atoms. The quantitative estimate of drug-likeness (QED) is 0.809. The number of sulfonamides is 1. The summed E-state index contributed by atoms with van der Waals surface area (Å²) in [4.78, 5) is 12.4. The van der Waals surface area contributed by atoms with Crippen LogP contribution in [0.4, 0.5) is 15.8 Å². The fourth-order valence-corrected chi connectivity index (χ4v) is 3.42. The number of hydrogen-bond acceptors (Lipinski definition) is 4. The first kappa shape index (κ1) is 18.2. The van der Waals surface area contributed by atoms with Crippen molar-refractivity contribution < 1.29 is 22.3 Å². The summed E-state index contributed by atoms with van der Waals surface area (Å²) in [7, 11) is -2.05. The van der Waals surface area contributed by atoms with Crippen LogP contribution >= 0.6 is 0 Å². The van der Waals surface area contributed by atoms with Crippen LogP contribution in [0.3, 0.4) is 0 Å². The summed E-state index contributed by atoms with van der Waals surface area (Å²) in [6.07, 6.45) is 1.73. The van der Waals surface area contributed by atoms with Crippen molar-refractivity contribution in [2.45, 2.75) is 12.3 Å². The van der Waals surface area contributed by atoms with E-state index in [2.05, 4.69) is 10.0 Å². The monoisotopic (exact) mass is 378 g/mol. The third kappa shape index (κ3) is 4.32. The number of nitrogens with one attached hydrogen (secondary N) is 2. The van der Waals surface area contributed by atoms with Crippen LogP contribution in [0.5, 0.6) is 5.75 Å². The molecule has 2 atom stereocenters. The van der Waals surface area contributed by atoms with Crippen LogP contribution in [0.1, 0.15) is 17.9 Å². The molecule has 2 N–H and O–H groups in total. The first-order valence-electron chi connectivity index (χ1n) is 7.99. The summed E-state index contributed by atoms with van der Waals surface area (Å²) in [5.74, 6) is -0.227. The van der Waals surface area contributed by atoms with Gasteiger partial charge in [-0.25, -0.2) is 12.8 Å². The summed E-state index contributed by atoms with van der Waals surface area (Å²) in [6, 6.07) is 10.9. The van der Waals surface area contributed by atoms with Crippen LogP contribution in [0.2, 0.25) is 0 Å². The lowest BCUT2D eigenvalue weighted by atomic mass is 10.1. The number of anilines is 2. The lowest BCUT2D eigenvalue weighted by Crippen LogP contribution is -2.15. The molecule has 8 heteroatoms. The van der Waals surface area contributed by atoms with Crippen LogP contribution in [-0.2, 0) is 14.8 Å². The molecule has 1 aliphatic rings. The maximum absolute atomic E-state index is 13.0. The molecule has 1 saturated carbocycles. The maximum atomic E-state index is 13.0. The summed E-state index contributed by atoms with van der Waals surface area (Å²) in [6.45, 7) is 0. The molecule has 0 radical (unpaired) electrons. The van der Waals surface area contributed by atoms with Gasteiger partial charge in [-0.3, -0.25) is 9.52 Å². The molecule has 1 fully saturated rings. The Hall–Kier alpha value is -2.61. The Labute approximate surface area is 151 Å². The highest BCUT2D eigenvalue weighted by atomic mass is 32.2. The van der Waals surface area contributed by atoms with Gasteiger partial charge in [-0.05, 0) is 48.2 Å². The minimum atomic E-state index is -3.48. The van der Waals surface area contributed by atoms with Crippen molar-refractivity contribution >= 4 is 27.3 Å². The van der Waals surface area contributed by atoms with Gasteiger partial charge in [-0.15, -0.1) is 0 Å². The molecule has 6 nitrogen and oxygen atoms in total. The van der Waals surface area contributed by atoms with Gasteiger partial charge in [0.25, 0.3) is 0 Å². The number of hydrogen-bond donors (Lipinski definition) is 2. The second-order valence-corrected chi connectivity index (χ2v) is 8.03. The minimum Gasteiger partial charge on any atom is -0.495 e. The van der Waals surface area contributed by atoms with E-state index in [1.807, 2.05) is 0 Å². The zero-order valence-electron chi connectivity index (χ0n) is 14.3. The maximum Gasteiger partial charge on any atom is 0.229 e. The second-order valence-electron chi connectivity index (χ2n) is 6.28. The topological polar surface area (TPSA) is 84.5 Å². The Morgan fingerprint density at radius 1 is 1.19 bits per heavy atom. The van der Waals surface area contributed by atoms with Crippen LogP contribution in [0.15, 0.2) is 42.5 Å². The molecule has 0 saturated heterocycles. The lowest BCUT2D eigenvalue weighted by molar-refractivity contribution is -0.117. The van der Waals surface area contributed by atoms with Gasteiger partial charge >= 0.3 is 0 Å². The van der Waals surface area contributed by atoms with E-state index in [9.17, 15) is 17.6 Å². The van der Waals surface area contributed by atoms with Gasteiger partial charge < -0.3 is 10.1 Å². The third-order valence-electron chi connectivity index (χ3n) is 4.19. The van der Waals surface area contributed by atoms with Crippen molar-refractivity contribution in [3.8, 4) is 5.75 Å². The number of carbonyl (C=O) groups is 1. The standard InChI is InChI=1S/C18H19FN2O4S/c1-25-17-8-7-13(9-16(17)21-26(2,23)24)20-18(22)15-10-14(15)11-3-5-12(19)6-4-11/h3-9,14-15,21H,10H2,1-2H3,(H,20,22). The number of halogens is 1. The molecule has 1 aliphatic carbocycles. The highest BCUT2D eigenvalue weighted by molar-refractivity contribution is 7.92. The van der Waals surface area contributed by atoms with Gasteiger partial charge in [0.1, 0.15) is 11.6 Å². The Balaban J connectivity index is 1.70. The Morgan fingerprint density at radius 2 is 1.88 bits per heavy atom. The molecule has 26 heavy (non-hydrogen) atoms. The smallest absolute Gasteiger partial charge is 0.229 e. The summed E-state index contributed by atoms with van der Waals surface area (Å²) < 4.78 is 43.4. The second kappa shape index (κ2) is 6.95. The summed E-state index contributed by atoms with van der Waals surface area (Å²) in [5.41, 5.74) is 1.64. The highest BCUT2D eigenvalue weighted by Gasteiger charge is 2.43. The lowest BCUT2D eigenvalue weighted by Gasteiger charge is -2.12. The molecule has 3 rings (SSSR count). The predicted molar refractivity (Wildman–Crippen MR) is 97.3 cm³/mol. The summed E-state index contributed by atoms with van der Waals surface area (Å²) >= 11 is 0. The van der Waals surface area contributed by atoms with Crippen molar-refractivity contribution in [2.24, 2.45) is 5.92 Å². The number of rotatable bonds is 6. The highest BCUT2D eigenvalue weighted by Crippen LogP contribution is 2.48. The zero-order valence-corrected chi connectivity index (χ0v) is 15.1. The van der Waals surface area contributed by atoms with Gasteiger partial charge in [0, 0.05) is 11.6 Å². The van der Waals surface area contributed by atoms with Crippen LogP contribution in [0, 0.1) is 11.7 Å². The SMILES string of the molecule is COc1ccc(NC(=O)C2CC2c2ccc(F)cc2)cc1NS(C)(=O)=O. The molecule has 2 aromatic rings. The molecular formula is C18H19FN2O4S. The minimum absolute atomic E-state index is 0.0717. The van der Waals surface area contributed by atoms with E-state index >= 15 is 0 Å². The van der Waals surface area contributed by atoms with E-state index in [-0.39, 0.29) is 29.2 Å². The number of methoxy groups -OCH3 is 1. The average molecular weight is 378 g/mol. The van der Waals surface area contributed by atoms with Crippen molar-refractivity contribution in [1.82, 2.24) is 0 Å². The number of amides is 1. The van der Waals surface area contributed by atoms with Crippen LogP contribution < -0.4 is 14.8 Å². The number of benzene rings is 2. The van der Waals surface area contributed by atoms with Crippen LogP contribution in [0.25, 0.3) is 0 Å². The average Bonchev–Trinajstić information content (AvgIpc) is 3.35. The van der Waals surface area contributed by atoms with Crippen molar-refractivity contribution in [3.05, 3.63) is 53.8 Å². The molecule has 2 aromatic carbocycles. The van der Waals surface area contributed by atoms with Gasteiger partial charge in [0.15, 0.2) is 0 Å². The van der Waals surface area contributed by atoms with E-state index in [0.717, 1.165) is 11.8 Å². The third-order valence-corrected chi connectivity index (χ3v) is 4.78. The first-order valence-corrected chi connectivity index (χ1v) is 9.88. The Kier molecular flexibility index (Phi) is 4.86.